The van der Waals surface area contributed by atoms with Crippen molar-refractivity contribution in [2.45, 2.75) is 26.0 Å². The first-order valence-corrected chi connectivity index (χ1v) is 5.54. The molecule has 16 heavy (non-hydrogen) atoms. The van der Waals surface area contributed by atoms with Gasteiger partial charge in [0.25, 0.3) is 0 Å². The number of imidazole rings is 1. The molecule has 2 aromatic rings. The van der Waals surface area contributed by atoms with Gasteiger partial charge in [0, 0.05) is 6.54 Å². The van der Waals surface area contributed by atoms with Crippen LogP contribution in [0.3, 0.4) is 0 Å². The van der Waals surface area contributed by atoms with Crippen molar-refractivity contribution < 1.29 is 5.11 Å². The molecule has 0 amide bonds. The normalized spacial score (nSPS) is 10.6. The van der Waals surface area contributed by atoms with E-state index in [0.717, 1.165) is 25.1 Å². The Balaban J connectivity index is 1.85. The molecule has 3 heteroatoms. The van der Waals surface area contributed by atoms with Crippen molar-refractivity contribution in [2.24, 2.45) is 0 Å². The van der Waals surface area contributed by atoms with Crippen LogP contribution in [0.4, 0.5) is 0 Å². The van der Waals surface area contributed by atoms with E-state index in [1.807, 2.05) is 10.6 Å². The Kier molecular flexibility index (Phi) is 3.72. The van der Waals surface area contributed by atoms with Crippen LogP contribution in [0.1, 0.15) is 17.7 Å². The summed E-state index contributed by atoms with van der Waals surface area (Å²) in [5, 5.41) is 9.06. The second-order valence-corrected chi connectivity index (χ2v) is 3.83. The van der Waals surface area contributed by atoms with Crippen LogP contribution in [0.25, 0.3) is 0 Å². The number of benzene rings is 1. The molecule has 3 nitrogen and oxygen atoms in total. The number of aryl methyl sites for hydroxylation is 2. The number of rotatable bonds is 5. The molecule has 1 aromatic carbocycles. The average Bonchev–Trinajstić information content (AvgIpc) is 2.78. The molecule has 0 bridgehead atoms. The van der Waals surface area contributed by atoms with Crippen molar-refractivity contribution in [3.05, 3.63) is 54.1 Å². The summed E-state index contributed by atoms with van der Waals surface area (Å²) in [4.78, 5) is 4.02. The smallest absolute Gasteiger partial charge is 0.0948 e. The Morgan fingerprint density at radius 2 is 2.00 bits per heavy atom. The number of nitrogens with zero attached hydrogens (tertiary/aromatic N) is 2. The number of aliphatic hydroxyl groups excluding tert-OH is 1. The number of aliphatic hydroxyl groups is 1. The maximum absolute atomic E-state index is 9.06. The number of aromatic nitrogens is 2. The average molecular weight is 216 g/mol. The van der Waals surface area contributed by atoms with E-state index in [-0.39, 0.29) is 6.61 Å². The monoisotopic (exact) mass is 216 g/mol. The number of hydrogen-bond donors (Lipinski definition) is 1. The second-order valence-electron chi connectivity index (χ2n) is 3.83. The molecule has 0 saturated heterocycles. The van der Waals surface area contributed by atoms with Crippen molar-refractivity contribution in [3.8, 4) is 0 Å². The van der Waals surface area contributed by atoms with E-state index >= 15 is 0 Å². The van der Waals surface area contributed by atoms with Crippen molar-refractivity contribution in [1.82, 2.24) is 9.55 Å². The molecule has 0 spiro atoms. The fourth-order valence-electron chi connectivity index (χ4n) is 1.78. The fourth-order valence-corrected chi connectivity index (χ4v) is 1.78. The van der Waals surface area contributed by atoms with Gasteiger partial charge in [-0.05, 0) is 18.4 Å². The van der Waals surface area contributed by atoms with Gasteiger partial charge in [-0.2, -0.15) is 0 Å². The van der Waals surface area contributed by atoms with Crippen LogP contribution in [-0.4, -0.2) is 14.7 Å². The Morgan fingerprint density at radius 3 is 2.75 bits per heavy atom. The molecular formula is C13H16N2O. The molecule has 0 saturated carbocycles. The van der Waals surface area contributed by atoms with Gasteiger partial charge in [0.05, 0.1) is 24.8 Å². The zero-order valence-electron chi connectivity index (χ0n) is 9.21. The zero-order chi connectivity index (χ0) is 11.2. The molecule has 0 atom stereocenters. The van der Waals surface area contributed by atoms with Gasteiger partial charge in [0.1, 0.15) is 0 Å². The first kappa shape index (κ1) is 10.9. The Labute approximate surface area is 95.4 Å². The van der Waals surface area contributed by atoms with E-state index in [1.54, 1.807) is 12.5 Å². The summed E-state index contributed by atoms with van der Waals surface area (Å²) in [5.41, 5.74) is 2.24. The quantitative estimate of drug-likeness (QED) is 0.830. The lowest BCUT2D eigenvalue weighted by atomic mass is 10.1. The van der Waals surface area contributed by atoms with Gasteiger partial charge in [-0.15, -0.1) is 0 Å². The molecule has 0 aliphatic heterocycles. The minimum absolute atomic E-state index is 0.0609. The highest BCUT2D eigenvalue weighted by Crippen LogP contribution is 2.06. The van der Waals surface area contributed by atoms with Crippen molar-refractivity contribution >= 4 is 0 Å². The summed E-state index contributed by atoms with van der Waals surface area (Å²) >= 11 is 0. The summed E-state index contributed by atoms with van der Waals surface area (Å²) in [6.07, 6.45) is 5.61. The van der Waals surface area contributed by atoms with Crippen molar-refractivity contribution in [1.29, 1.82) is 0 Å². The van der Waals surface area contributed by atoms with Gasteiger partial charge in [0.2, 0.25) is 0 Å². The molecule has 0 unspecified atom stereocenters. The highest BCUT2D eigenvalue weighted by Gasteiger charge is 1.99. The van der Waals surface area contributed by atoms with Crippen LogP contribution >= 0.6 is 0 Å². The zero-order valence-corrected chi connectivity index (χ0v) is 9.21. The third-order valence-corrected chi connectivity index (χ3v) is 2.67. The molecule has 0 aliphatic carbocycles. The summed E-state index contributed by atoms with van der Waals surface area (Å²) in [6.45, 7) is 0.968. The fraction of sp³-hybridized carbons (Fsp3) is 0.308. The van der Waals surface area contributed by atoms with Gasteiger partial charge in [-0.3, -0.25) is 0 Å². The lowest BCUT2D eigenvalue weighted by Crippen LogP contribution is -2.02. The third kappa shape index (κ3) is 2.70. The van der Waals surface area contributed by atoms with E-state index in [4.69, 9.17) is 5.11 Å². The van der Waals surface area contributed by atoms with E-state index in [2.05, 4.69) is 29.2 Å². The Hall–Kier alpha value is -1.61. The van der Waals surface area contributed by atoms with Gasteiger partial charge in [-0.25, -0.2) is 4.98 Å². The molecule has 1 aromatic heterocycles. The maximum atomic E-state index is 9.06. The van der Waals surface area contributed by atoms with Crippen LogP contribution in [0.2, 0.25) is 0 Å². The van der Waals surface area contributed by atoms with Gasteiger partial charge in [0.15, 0.2) is 0 Å². The Morgan fingerprint density at radius 1 is 1.19 bits per heavy atom. The van der Waals surface area contributed by atoms with Crippen LogP contribution in [-0.2, 0) is 19.6 Å². The highest BCUT2D eigenvalue weighted by atomic mass is 16.3. The molecular weight excluding hydrogens is 200 g/mol. The van der Waals surface area contributed by atoms with Gasteiger partial charge >= 0.3 is 0 Å². The molecule has 1 N–H and O–H groups in total. The van der Waals surface area contributed by atoms with E-state index in [0.29, 0.717) is 0 Å². The molecule has 84 valence electrons. The molecule has 2 rings (SSSR count). The lowest BCUT2D eigenvalue weighted by Gasteiger charge is -2.06. The van der Waals surface area contributed by atoms with Crippen LogP contribution in [0.15, 0.2) is 42.9 Å². The largest absolute Gasteiger partial charge is 0.390 e. The predicted octanol–water partition coefficient (Wildman–Crippen LogP) is 2.01. The van der Waals surface area contributed by atoms with E-state index < -0.39 is 0 Å². The van der Waals surface area contributed by atoms with Crippen LogP contribution in [0.5, 0.6) is 0 Å². The van der Waals surface area contributed by atoms with Crippen molar-refractivity contribution in [2.75, 3.05) is 0 Å². The lowest BCUT2D eigenvalue weighted by molar-refractivity contribution is 0.270. The maximum Gasteiger partial charge on any atom is 0.0948 e. The van der Waals surface area contributed by atoms with Gasteiger partial charge in [-0.1, -0.05) is 30.3 Å². The highest BCUT2D eigenvalue weighted by molar-refractivity contribution is 5.14. The summed E-state index contributed by atoms with van der Waals surface area (Å²) in [5.74, 6) is 0. The SMILES string of the molecule is OCc1cncn1CCCc1ccccc1. The third-order valence-electron chi connectivity index (χ3n) is 2.67. The Bertz CT molecular complexity index is 423. The second kappa shape index (κ2) is 5.47. The van der Waals surface area contributed by atoms with Crippen LogP contribution < -0.4 is 0 Å². The number of hydrogen-bond acceptors (Lipinski definition) is 2. The molecule has 0 aliphatic rings. The first-order chi connectivity index (χ1) is 7.90. The first-order valence-electron chi connectivity index (χ1n) is 5.54. The van der Waals surface area contributed by atoms with Crippen LogP contribution in [0, 0.1) is 0 Å². The molecule has 0 fully saturated rings. The molecule has 1 heterocycles. The van der Waals surface area contributed by atoms with Crippen molar-refractivity contribution in [3.63, 3.8) is 0 Å². The summed E-state index contributed by atoms with van der Waals surface area (Å²) in [6, 6.07) is 10.4. The van der Waals surface area contributed by atoms with Gasteiger partial charge < -0.3 is 9.67 Å². The summed E-state index contributed by atoms with van der Waals surface area (Å²) < 4.78 is 2.00. The summed E-state index contributed by atoms with van der Waals surface area (Å²) in [7, 11) is 0. The predicted molar refractivity (Wildman–Crippen MR) is 62.9 cm³/mol. The standard InChI is InChI=1S/C13H16N2O/c16-10-13-9-14-11-15(13)8-4-7-12-5-2-1-3-6-12/h1-3,5-6,9,11,16H,4,7-8,10H2. The minimum Gasteiger partial charge on any atom is -0.390 e. The van der Waals surface area contributed by atoms with E-state index in [9.17, 15) is 0 Å². The van der Waals surface area contributed by atoms with E-state index in [1.165, 1.54) is 5.56 Å². The minimum atomic E-state index is 0.0609. The molecule has 0 radical (unpaired) electrons. The topological polar surface area (TPSA) is 38.1 Å².